The minimum atomic E-state index is 0.569. The van der Waals surface area contributed by atoms with Crippen molar-refractivity contribution in [3.63, 3.8) is 0 Å². The molecule has 1 aliphatic rings. The van der Waals surface area contributed by atoms with Gasteiger partial charge in [0.2, 0.25) is 0 Å². The zero-order valence-electron chi connectivity index (χ0n) is 11.9. The van der Waals surface area contributed by atoms with Crippen LogP contribution in [0.4, 0.5) is 5.82 Å². The maximum Gasteiger partial charge on any atom is 0.135 e. The first-order valence-corrected chi connectivity index (χ1v) is 7.67. The lowest BCUT2D eigenvalue weighted by Crippen LogP contribution is -2.32. The van der Waals surface area contributed by atoms with Gasteiger partial charge in [0.25, 0.3) is 0 Å². The summed E-state index contributed by atoms with van der Waals surface area (Å²) < 4.78 is 6.08. The van der Waals surface area contributed by atoms with E-state index < -0.39 is 0 Å². The number of hydrogen-bond donors (Lipinski definition) is 0. The Balaban J connectivity index is 2.18. The Morgan fingerprint density at radius 3 is 2.74 bits per heavy atom. The number of hydrogen-bond acceptors (Lipinski definition) is 4. The van der Waals surface area contributed by atoms with Gasteiger partial charge in [-0.1, -0.05) is 13.8 Å². The fourth-order valence-corrected chi connectivity index (χ4v) is 2.44. The fraction of sp³-hybridized carbons (Fsp3) is 0.714. The molecule has 2 rings (SSSR count). The van der Waals surface area contributed by atoms with Crippen molar-refractivity contribution in [3.05, 3.63) is 16.5 Å². The van der Waals surface area contributed by atoms with E-state index in [9.17, 15) is 0 Å². The molecule has 106 valence electrons. The van der Waals surface area contributed by atoms with Gasteiger partial charge in [0.05, 0.1) is 6.61 Å². The summed E-state index contributed by atoms with van der Waals surface area (Å²) in [5.41, 5.74) is 0. The smallest absolute Gasteiger partial charge is 0.135 e. The lowest BCUT2D eigenvalue weighted by molar-refractivity contribution is 0.204. The van der Waals surface area contributed by atoms with Crippen LogP contribution in [0.5, 0.6) is 0 Å². The summed E-state index contributed by atoms with van der Waals surface area (Å²) in [6, 6.07) is 2.00. The van der Waals surface area contributed by atoms with E-state index in [1.54, 1.807) is 7.11 Å². The number of anilines is 1. The molecule has 1 fully saturated rings. The van der Waals surface area contributed by atoms with Gasteiger partial charge in [-0.3, -0.25) is 0 Å². The maximum absolute atomic E-state index is 5.20. The molecular formula is C14H22BrN3O. The van der Waals surface area contributed by atoms with E-state index in [4.69, 9.17) is 9.72 Å². The number of methoxy groups -OCH3 is 1. The van der Waals surface area contributed by atoms with Crippen LogP contribution in [0, 0.1) is 5.92 Å². The largest absolute Gasteiger partial charge is 0.383 e. The summed E-state index contributed by atoms with van der Waals surface area (Å²) in [6.45, 7) is 7.00. The molecule has 0 bridgehead atoms. The zero-order valence-corrected chi connectivity index (χ0v) is 13.5. The van der Waals surface area contributed by atoms with Crippen molar-refractivity contribution in [3.8, 4) is 0 Å². The van der Waals surface area contributed by atoms with Crippen molar-refractivity contribution in [1.29, 1.82) is 0 Å². The van der Waals surface area contributed by atoms with Gasteiger partial charge >= 0.3 is 0 Å². The lowest BCUT2D eigenvalue weighted by atomic mass is 10.2. The van der Waals surface area contributed by atoms with E-state index >= 15 is 0 Å². The van der Waals surface area contributed by atoms with Crippen molar-refractivity contribution < 1.29 is 4.74 Å². The topological polar surface area (TPSA) is 38.2 Å². The van der Waals surface area contributed by atoms with E-state index in [-0.39, 0.29) is 0 Å². The molecule has 0 N–H and O–H groups in total. The predicted molar refractivity (Wildman–Crippen MR) is 80.6 cm³/mol. The molecule has 0 spiro atoms. The van der Waals surface area contributed by atoms with Gasteiger partial charge in [0.15, 0.2) is 0 Å². The SMILES string of the molecule is COCCN(CC(C)C)c1cc(Br)nc(C2CC2)n1. The standard InChI is InChI=1S/C14H22BrN3O/c1-10(2)9-18(6-7-19-3)13-8-12(15)16-14(17-13)11-4-5-11/h8,10-11H,4-7,9H2,1-3H3. The normalized spacial score (nSPS) is 15.0. The summed E-state index contributed by atoms with van der Waals surface area (Å²) in [5, 5.41) is 0. The van der Waals surface area contributed by atoms with E-state index in [1.807, 2.05) is 6.07 Å². The molecule has 0 radical (unpaired) electrons. The predicted octanol–water partition coefficient (Wildman–Crippen LogP) is 3.23. The van der Waals surface area contributed by atoms with Gasteiger partial charge in [-0.25, -0.2) is 9.97 Å². The summed E-state index contributed by atoms with van der Waals surface area (Å²) >= 11 is 3.50. The minimum absolute atomic E-state index is 0.569. The van der Waals surface area contributed by atoms with E-state index in [2.05, 4.69) is 39.7 Å². The summed E-state index contributed by atoms with van der Waals surface area (Å²) in [7, 11) is 1.74. The minimum Gasteiger partial charge on any atom is -0.383 e. The number of ether oxygens (including phenoxy) is 1. The molecule has 0 aliphatic heterocycles. The van der Waals surface area contributed by atoms with Crippen LogP contribution >= 0.6 is 15.9 Å². The van der Waals surface area contributed by atoms with E-state index in [0.717, 1.165) is 29.3 Å². The molecule has 1 aromatic heterocycles. The summed E-state index contributed by atoms with van der Waals surface area (Å²) in [4.78, 5) is 11.5. The first kappa shape index (κ1) is 14.7. The average molecular weight is 328 g/mol. The van der Waals surface area contributed by atoms with Crippen LogP contribution in [-0.2, 0) is 4.74 Å². The Hall–Kier alpha value is -0.680. The van der Waals surface area contributed by atoms with Crippen LogP contribution in [0.25, 0.3) is 0 Å². The molecule has 1 saturated carbocycles. The molecule has 1 aliphatic carbocycles. The third-order valence-electron chi connectivity index (χ3n) is 3.12. The van der Waals surface area contributed by atoms with Crippen molar-refractivity contribution in [2.75, 3.05) is 31.7 Å². The first-order chi connectivity index (χ1) is 9.10. The van der Waals surface area contributed by atoms with Crippen LogP contribution < -0.4 is 4.90 Å². The molecular weight excluding hydrogens is 306 g/mol. The third kappa shape index (κ3) is 4.42. The fourth-order valence-electron chi connectivity index (χ4n) is 2.05. The highest BCUT2D eigenvalue weighted by Crippen LogP contribution is 2.39. The van der Waals surface area contributed by atoms with Crippen LogP contribution in [0.15, 0.2) is 10.7 Å². The molecule has 0 atom stereocenters. The van der Waals surface area contributed by atoms with E-state index in [1.165, 1.54) is 12.8 Å². The Bertz CT molecular complexity index is 421. The molecule has 1 aromatic rings. The number of rotatable bonds is 7. The number of aromatic nitrogens is 2. The second-order valence-corrected chi connectivity index (χ2v) is 6.33. The summed E-state index contributed by atoms with van der Waals surface area (Å²) in [5.74, 6) is 3.15. The third-order valence-corrected chi connectivity index (χ3v) is 3.52. The van der Waals surface area contributed by atoms with Gasteiger partial charge in [-0.05, 0) is 34.7 Å². The van der Waals surface area contributed by atoms with Crippen LogP contribution in [0.1, 0.15) is 38.4 Å². The highest BCUT2D eigenvalue weighted by Gasteiger charge is 2.27. The van der Waals surface area contributed by atoms with Gasteiger partial charge in [-0.2, -0.15) is 0 Å². The average Bonchev–Trinajstić information content (AvgIpc) is 3.17. The molecule has 19 heavy (non-hydrogen) atoms. The highest BCUT2D eigenvalue weighted by molar-refractivity contribution is 9.10. The molecule has 0 amide bonds. The lowest BCUT2D eigenvalue weighted by Gasteiger charge is -2.25. The van der Waals surface area contributed by atoms with Crippen LogP contribution in [0.3, 0.4) is 0 Å². The molecule has 4 nitrogen and oxygen atoms in total. The highest BCUT2D eigenvalue weighted by atomic mass is 79.9. The van der Waals surface area contributed by atoms with Crippen LogP contribution in [0.2, 0.25) is 0 Å². The second kappa shape index (κ2) is 6.66. The summed E-state index contributed by atoms with van der Waals surface area (Å²) in [6.07, 6.45) is 2.44. The monoisotopic (exact) mass is 327 g/mol. The van der Waals surface area contributed by atoms with Crippen molar-refractivity contribution >= 4 is 21.7 Å². The number of nitrogens with zero attached hydrogens (tertiary/aromatic N) is 3. The zero-order chi connectivity index (χ0) is 13.8. The van der Waals surface area contributed by atoms with Crippen molar-refractivity contribution in [1.82, 2.24) is 9.97 Å². The molecule has 5 heteroatoms. The van der Waals surface area contributed by atoms with Gasteiger partial charge in [0, 0.05) is 32.2 Å². The van der Waals surface area contributed by atoms with Crippen molar-refractivity contribution in [2.45, 2.75) is 32.6 Å². The Kier molecular flexibility index (Phi) is 5.16. The molecule has 0 unspecified atom stereocenters. The molecule has 0 saturated heterocycles. The quantitative estimate of drug-likeness (QED) is 0.721. The maximum atomic E-state index is 5.20. The first-order valence-electron chi connectivity index (χ1n) is 6.88. The Labute approximate surface area is 123 Å². The second-order valence-electron chi connectivity index (χ2n) is 5.51. The van der Waals surface area contributed by atoms with E-state index in [0.29, 0.717) is 18.4 Å². The van der Waals surface area contributed by atoms with Gasteiger partial charge in [-0.15, -0.1) is 0 Å². The Morgan fingerprint density at radius 2 is 2.16 bits per heavy atom. The van der Waals surface area contributed by atoms with Gasteiger partial charge in [0.1, 0.15) is 16.2 Å². The molecule has 0 aromatic carbocycles. The molecule has 1 heterocycles. The Morgan fingerprint density at radius 1 is 1.42 bits per heavy atom. The van der Waals surface area contributed by atoms with Crippen molar-refractivity contribution in [2.24, 2.45) is 5.92 Å². The van der Waals surface area contributed by atoms with Gasteiger partial charge < -0.3 is 9.64 Å². The van der Waals surface area contributed by atoms with Crippen LogP contribution in [-0.4, -0.2) is 36.8 Å². The number of halogens is 1.